The molecule has 3 saturated heterocycles. The van der Waals surface area contributed by atoms with Gasteiger partial charge in [-0.1, -0.05) is 140 Å². The summed E-state index contributed by atoms with van der Waals surface area (Å²) in [5, 5.41) is -4.64. The summed E-state index contributed by atoms with van der Waals surface area (Å²) >= 11 is -0.321. The molecule has 3 atom stereocenters. The number of nitrogens with zero attached hydrogens (tertiary/aromatic N) is 2. The highest BCUT2D eigenvalue weighted by Crippen LogP contribution is 2.52. The number of thioether (sulfide) groups is 1. The van der Waals surface area contributed by atoms with Gasteiger partial charge in [0.1, 0.15) is 31.2 Å². The quantitative estimate of drug-likeness (QED) is 0.0694. The maximum atomic E-state index is 15.6. The smallest absolute Gasteiger partial charge is 0.417 e. The molecule has 336 valence electrons. The van der Waals surface area contributed by atoms with Crippen molar-refractivity contribution in [1.82, 2.24) is 9.80 Å². The number of aryl methyl sites for hydroxylation is 1. The number of carbonyl (C=O) groups excluding carboxylic acids is 4. The normalized spacial score (nSPS) is 17.1. The van der Waals surface area contributed by atoms with Gasteiger partial charge in [-0.2, -0.15) is 17.6 Å². The van der Waals surface area contributed by atoms with Crippen molar-refractivity contribution in [2.24, 2.45) is 5.92 Å². The molecule has 0 bridgehead atoms. The van der Waals surface area contributed by atoms with Crippen LogP contribution >= 0.6 is 11.8 Å². The van der Waals surface area contributed by atoms with Gasteiger partial charge in [0.05, 0.1) is 0 Å². The number of carbonyl (C=O) groups is 4. The second-order valence-electron chi connectivity index (χ2n) is 15.2. The minimum absolute atomic E-state index is 0.0779. The van der Waals surface area contributed by atoms with E-state index in [9.17, 15) is 19.2 Å². The number of hydrogen-bond acceptors (Lipinski definition) is 8. The highest BCUT2D eigenvalue weighted by molar-refractivity contribution is 8.00. The molecule has 0 saturated carbocycles. The van der Waals surface area contributed by atoms with Crippen LogP contribution in [0.15, 0.2) is 157 Å². The third-order valence-electron chi connectivity index (χ3n) is 10.3. The number of imide groups is 2. The van der Waals surface area contributed by atoms with E-state index in [1.807, 2.05) is 60.7 Å². The Morgan fingerprint density at radius 1 is 0.636 bits per heavy atom. The van der Waals surface area contributed by atoms with E-state index in [-0.39, 0.29) is 47.4 Å². The van der Waals surface area contributed by atoms with Crippen molar-refractivity contribution in [3.63, 3.8) is 0 Å². The number of hydrogen-bond donors (Lipinski definition) is 0. The number of rotatable bonds is 12. The van der Waals surface area contributed by atoms with Crippen LogP contribution in [-0.4, -0.2) is 101 Å². The molecule has 18 heteroatoms. The fraction of sp³-hybridized carbons (Fsp3) is 0.292. The summed E-state index contributed by atoms with van der Waals surface area (Å²) in [6.45, 7) is 1.97. The number of halogens is 4. The van der Waals surface area contributed by atoms with E-state index in [2.05, 4.69) is 23.2 Å². The standard InChI is InChI=1S/C26H21F4NO3S.C18H17NO3.C4H8O.B4/c27-25(28,26(29,30)35-20-14-8-3-9-15-20)21(16-18-10-4-1-5-11-18)23(32)31-22(17-34-24(31)33)19-12-6-2-7-13-19;20-17(12-11-14-7-3-1-4-8-14)19-16(13-22-18(19)21)15-9-5-2-6-10-15;1-2-4-5-3-1;1-4(2)3/h1-15,21-22H,16-17H2;1-10,16H,11-13H2;1-4H2;/t21?,22-;16-;;/m00../s1. The molecule has 0 N–H and O–H groups in total. The SMILES string of the molecule is C1CCOC1.O=C(CCc1ccccc1)N1C(=O)OC[C@H]1c1ccccc1.O=C1OC[C@@H](c2ccccc2)N1C(=O)C(Cc1ccccc1)C(F)(F)C(F)(F)Sc1ccccc1.[B]B([B])[B]. The van der Waals surface area contributed by atoms with Crippen LogP contribution in [0.5, 0.6) is 0 Å². The number of alkyl halides is 4. The molecular weight excluding hydrogens is 868 g/mol. The Morgan fingerprint density at radius 2 is 1.05 bits per heavy atom. The second-order valence-corrected chi connectivity index (χ2v) is 16.3. The first kappa shape index (κ1) is 51.3. The third kappa shape index (κ3) is 14.6. The van der Waals surface area contributed by atoms with Gasteiger partial charge in [-0.25, -0.2) is 19.4 Å². The van der Waals surface area contributed by atoms with Gasteiger partial charge in [0, 0.05) is 54.1 Å². The Balaban J connectivity index is 0.000000222. The first-order chi connectivity index (χ1) is 31.7. The van der Waals surface area contributed by atoms with Gasteiger partial charge in [-0.15, -0.1) is 0 Å². The second kappa shape index (κ2) is 25.3. The van der Waals surface area contributed by atoms with Crippen LogP contribution in [0, 0.1) is 5.92 Å². The van der Waals surface area contributed by atoms with E-state index in [4.69, 9.17) is 14.2 Å². The van der Waals surface area contributed by atoms with Crippen molar-refractivity contribution in [2.45, 2.75) is 60.3 Å². The number of ether oxygens (including phenoxy) is 3. The molecule has 0 spiro atoms. The Kier molecular flexibility index (Phi) is 19.6. The molecule has 5 aromatic rings. The highest BCUT2D eigenvalue weighted by Gasteiger charge is 2.65. The molecule has 0 aliphatic carbocycles. The van der Waals surface area contributed by atoms with Crippen LogP contribution in [0.4, 0.5) is 27.2 Å². The summed E-state index contributed by atoms with van der Waals surface area (Å²) < 4.78 is 76.5. The minimum atomic E-state index is -4.80. The molecule has 3 aliphatic heterocycles. The lowest BCUT2D eigenvalue weighted by atomic mass is 9.08. The molecule has 8 rings (SSSR count). The van der Waals surface area contributed by atoms with Crippen LogP contribution in [0.3, 0.4) is 0 Å². The molecule has 3 heterocycles. The molecule has 66 heavy (non-hydrogen) atoms. The number of cyclic esters (lactones) is 2. The van der Waals surface area contributed by atoms with Gasteiger partial charge in [-0.3, -0.25) is 9.59 Å². The summed E-state index contributed by atoms with van der Waals surface area (Å²) in [6.07, 6.45) is 0.416. The van der Waals surface area contributed by atoms with Gasteiger partial charge in [0.2, 0.25) is 11.8 Å². The van der Waals surface area contributed by atoms with Crippen molar-refractivity contribution in [1.29, 1.82) is 0 Å². The van der Waals surface area contributed by atoms with Gasteiger partial charge in [-0.05, 0) is 71.8 Å². The highest BCUT2D eigenvalue weighted by atomic mass is 32.2. The predicted molar refractivity (Wildman–Crippen MR) is 248 cm³/mol. The van der Waals surface area contributed by atoms with E-state index in [1.165, 1.54) is 54.1 Å². The van der Waals surface area contributed by atoms with Gasteiger partial charge in [0.25, 0.3) is 0 Å². The van der Waals surface area contributed by atoms with E-state index in [0.29, 0.717) is 23.3 Å². The summed E-state index contributed by atoms with van der Waals surface area (Å²) in [7, 11) is 14.0. The summed E-state index contributed by atoms with van der Waals surface area (Å²) in [5.74, 6) is -8.93. The molecule has 9 nitrogen and oxygen atoms in total. The van der Waals surface area contributed by atoms with Crippen LogP contribution < -0.4 is 0 Å². The Bertz CT molecular complexity index is 2270. The predicted octanol–water partition coefficient (Wildman–Crippen LogP) is 9.20. The fourth-order valence-electron chi connectivity index (χ4n) is 7.03. The summed E-state index contributed by atoms with van der Waals surface area (Å²) in [5.41, 5.74) is 2.73. The molecule has 0 aromatic heterocycles. The Morgan fingerprint density at radius 3 is 1.50 bits per heavy atom. The largest absolute Gasteiger partial charge is 0.446 e. The van der Waals surface area contributed by atoms with Crippen molar-refractivity contribution < 1.29 is 51.0 Å². The molecule has 6 radical (unpaired) electrons. The fourth-order valence-corrected chi connectivity index (χ4v) is 7.89. The lowest BCUT2D eigenvalue weighted by Crippen LogP contribution is -2.53. The molecule has 3 aliphatic rings. The zero-order chi connectivity index (χ0) is 47.5. The number of benzene rings is 5. The zero-order valence-corrected chi connectivity index (χ0v) is 36.8. The lowest BCUT2D eigenvalue weighted by molar-refractivity contribution is -0.194. The van der Waals surface area contributed by atoms with Gasteiger partial charge in [0.15, 0.2) is 0 Å². The Labute approximate surface area is 391 Å². The third-order valence-corrected chi connectivity index (χ3v) is 11.4. The first-order valence-corrected chi connectivity index (χ1v) is 22.0. The van der Waals surface area contributed by atoms with E-state index >= 15 is 17.6 Å². The maximum Gasteiger partial charge on any atom is 0.417 e. The van der Waals surface area contributed by atoms with Crippen molar-refractivity contribution in [3.05, 3.63) is 174 Å². The van der Waals surface area contributed by atoms with Crippen LogP contribution in [-0.2, 0) is 36.6 Å². The zero-order valence-electron chi connectivity index (χ0n) is 36.0. The van der Waals surface area contributed by atoms with E-state index < -0.39 is 54.0 Å². The van der Waals surface area contributed by atoms with Gasteiger partial charge >= 0.3 is 23.4 Å². The topological polar surface area (TPSA) is 102 Å². The average Bonchev–Trinajstić information content (AvgIpc) is 4.12. The van der Waals surface area contributed by atoms with E-state index in [0.717, 1.165) is 24.3 Å². The van der Waals surface area contributed by atoms with Gasteiger partial charge < -0.3 is 14.2 Å². The average molecular weight is 914 g/mol. The Hall–Kier alpha value is -5.73. The van der Waals surface area contributed by atoms with E-state index in [1.54, 1.807) is 54.6 Å². The summed E-state index contributed by atoms with van der Waals surface area (Å²) in [4.78, 5) is 52.0. The molecule has 5 aromatic carbocycles. The molecule has 1 unspecified atom stereocenters. The number of amides is 4. The molecule has 4 amide bonds. The lowest BCUT2D eigenvalue weighted by Gasteiger charge is -2.34. The first-order valence-electron chi connectivity index (χ1n) is 21.2. The van der Waals surface area contributed by atoms with Crippen molar-refractivity contribution >= 4 is 65.4 Å². The van der Waals surface area contributed by atoms with Crippen LogP contribution in [0.25, 0.3) is 0 Å². The molecule has 3 fully saturated rings. The van der Waals surface area contributed by atoms with Crippen LogP contribution in [0.2, 0.25) is 0 Å². The summed E-state index contributed by atoms with van der Waals surface area (Å²) in [6, 6.07) is 40.9. The monoisotopic (exact) mass is 914 g/mol. The minimum Gasteiger partial charge on any atom is -0.446 e. The maximum absolute atomic E-state index is 15.6. The molecular formula is C48H46B4F4N2O7S. The van der Waals surface area contributed by atoms with Crippen molar-refractivity contribution in [2.75, 3.05) is 26.4 Å². The van der Waals surface area contributed by atoms with Crippen molar-refractivity contribution in [3.8, 4) is 0 Å². The van der Waals surface area contributed by atoms with Crippen LogP contribution in [0.1, 0.15) is 53.6 Å².